The molecule has 8 heteroatoms. The summed E-state index contributed by atoms with van der Waals surface area (Å²) < 4.78 is 9.04. The van der Waals surface area contributed by atoms with E-state index in [9.17, 15) is 4.79 Å². The van der Waals surface area contributed by atoms with E-state index >= 15 is 0 Å². The quantitative estimate of drug-likeness (QED) is 0.517. The summed E-state index contributed by atoms with van der Waals surface area (Å²) in [4.78, 5) is 17.6. The summed E-state index contributed by atoms with van der Waals surface area (Å²) >= 11 is 0. The third-order valence-electron chi connectivity index (χ3n) is 6.31. The fourth-order valence-corrected chi connectivity index (χ4v) is 4.36. The number of hydrogen-bond donors (Lipinski definition) is 3. The molecule has 0 radical (unpaired) electrons. The molecular weight excluding hydrogens is 416 g/mol. The zero-order chi connectivity index (χ0) is 23.4. The van der Waals surface area contributed by atoms with Gasteiger partial charge in [-0.05, 0) is 67.6 Å². The number of aryl methyl sites for hydroxylation is 2. The summed E-state index contributed by atoms with van der Waals surface area (Å²) in [6, 6.07) is 9.86. The molecule has 0 saturated carbocycles. The van der Waals surface area contributed by atoms with Gasteiger partial charge in [-0.15, -0.1) is 0 Å². The predicted octanol–water partition coefficient (Wildman–Crippen LogP) is 2.43. The summed E-state index contributed by atoms with van der Waals surface area (Å²) in [5.41, 5.74) is 4.85. The first-order chi connectivity index (χ1) is 15.9. The molecule has 1 aliphatic heterocycles. The molecule has 4 rings (SSSR count). The lowest BCUT2D eigenvalue weighted by Gasteiger charge is -2.29. The van der Waals surface area contributed by atoms with E-state index < -0.39 is 0 Å². The second-order valence-electron chi connectivity index (χ2n) is 8.69. The van der Waals surface area contributed by atoms with Gasteiger partial charge in [-0.2, -0.15) is 0 Å². The van der Waals surface area contributed by atoms with E-state index in [4.69, 9.17) is 10.1 Å². The molecule has 0 aliphatic carbocycles. The lowest BCUT2D eigenvalue weighted by molar-refractivity contribution is 0.0331. The van der Waals surface area contributed by atoms with E-state index in [0.29, 0.717) is 30.2 Å². The number of amides is 1. The number of ether oxygens (including phenoxy) is 1. The molecule has 2 aromatic heterocycles. The monoisotopic (exact) mass is 448 g/mol. The Kier molecular flexibility index (Phi) is 7.05. The highest BCUT2D eigenvalue weighted by atomic mass is 16.5. The highest BCUT2D eigenvalue weighted by Crippen LogP contribution is 2.25. The molecular formula is C25H32N6O2. The van der Waals surface area contributed by atoms with Gasteiger partial charge in [0.05, 0.1) is 6.54 Å². The SMILES string of the molecule is COC1CC(CNC(=O)c2cc(Cn3ccn(C)c3=N)cc(-c3cccnc3C)c2)CCN1. The van der Waals surface area contributed by atoms with Crippen molar-refractivity contribution in [2.75, 3.05) is 20.2 Å². The van der Waals surface area contributed by atoms with Crippen LogP contribution in [0.2, 0.25) is 0 Å². The maximum atomic E-state index is 13.2. The Morgan fingerprint density at radius 1 is 1.33 bits per heavy atom. The second kappa shape index (κ2) is 10.1. The standard InChI is InChI=1S/C25H32N6O2/c1-17-22(5-4-7-27-17)20-11-19(16-31-10-9-30(2)25(31)26)12-21(14-20)24(32)29-15-18-6-8-28-23(13-18)33-3/h4-5,7,9-12,14,18,23,26,28H,6,8,13,15-16H2,1-3H3,(H,29,32). The molecule has 3 N–H and O–H groups in total. The number of benzene rings is 1. The van der Waals surface area contributed by atoms with Crippen LogP contribution in [0.25, 0.3) is 11.1 Å². The molecule has 1 aromatic carbocycles. The van der Waals surface area contributed by atoms with Crippen LogP contribution in [0.1, 0.15) is 34.5 Å². The molecule has 1 aliphatic rings. The first kappa shape index (κ1) is 22.9. The first-order valence-electron chi connectivity index (χ1n) is 11.3. The Hall–Kier alpha value is -3.23. The number of piperidine rings is 1. The molecule has 1 saturated heterocycles. The zero-order valence-electron chi connectivity index (χ0n) is 19.5. The molecule has 3 heterocycles. The summed E-state index contributed by atoms with van der Waals surface area (Å²) in [5.74, 6) is 0.297. The van der Waals surface area contributed by atoms with E-state index in [1.165, 1.54) is 0 Å². The Labute approximate surface area is 194 Å². The number of carbonyl (C=O) groups excluding carboxylic acids is 1. The molecule has 8 nitrogen and oxygen atoms in total. The Morgan fingerprint density at radius 2 is 2.18 bits per heavy atom. The van der Waals surface area contributed by atoms with Crippen molar-refractivity contribution in [2.45, 2.75) is 32.5 Å². The van der Waals surface area contributed by atoms with E-state index in [0.717, 1.165) is 41.8 Å². The van der Waals surface area contributed by atoms with Gasteiger partial charge in [0.2, 0.25) is 5.62 Å². The topological polar surface area (TPSA) is 97.0 Å². The normalized spacial score (nSPS) is 18.3. The van der Waals surface area contributed by atoms with Crippen molar-refractivity contribution in [1.29, 1.82) is 5.41 Å². The van der Waals surface area contributed by atoms with Gasteiger partial charge in [0.15, 0.2) is 0 Å². The van der Waals surface area contributed by atoms with Crippen LogP contribution in [-0.4, -0.2) is 46.5 Å². The smallest absolute Gasteiger partial charge is 0.251 e. The minimum Gasteiger partial charge on any atom is -0.367 e. The highest BCUT2D eigenvalue weighted by molar-refractivity contribution is 5.95. The number of nitrogens with zero attached hydrogens (tertiary/aromatic N) is 3. The molecule has 1 amide bonds. The fraction of sp³-hybridized carbons (Fsp3) is 0.400. The van der Waals surface area contributed by atoms with Crippen LogP contribution >= 0.6 is 0 Å². The van der Waals surface area contributed by atoms with E-state index in [2.05, 4.69) is 21.7 Å². The predicted molar refractivity (Wildman–Crippen MR) is 127 cm³/mol. The van der Waals surface area contributed by atoms with Crippen LogP contribution in [0.5, 0.6) is 0 Å². The van der Waals surface area contributed by atoms with Gasteiger partial charge in [-0.1, -0.05) is 6.07 Å². The van der Waals surface area contributed by atoms with E-state index in [1.54, 1.807) is 17.9 Å². The maximum Gasteiger partial charge on any atom is 0.251 e. The average Bonchev–Trinajstić information content (AvgIpc) is 3.15. The summed E-state index contributed by atoms with van der Waals surface area (Å²) in [6.07, 6.45) is 7.45. The fourth-order valence-electron chi connectivity index (χ4n) is 4.36. The Morgan fingerprint density at radius 3 is 2.91 bits per heavy atom. The minimum absolute atomic E-state index is 0.0473. The summed E-state index contributed by atoms with van der Waals surface area (Å²) in [5, 5.41) is 14.7. The number of rotatable bonds is 7. The molecule has 33 heavy (non-hydrogen) atoms. The number of imidazole rings is 1. The molecule has 1 fully saturated rings. The minimum atomic E-state index is -0.0868. The van der Waals surface area contributed by atoms with Gasteiger partial charge < -0.3 is 19.2 Å². The number of nitrogens with one attached hydrogen (secondary N) is 3. The lowest BCUT2D eigenvalue weighted by atomic mass is 9.96. The lowest BCUT2D eigenvalue weighted by Crippen LogP contribution is -2.42. The van der Waals surface area contributed by atoms with Crippen LogP contribution in [0.15, 0.2) is 48.9 Å². The van der Waals surface area contributed by atoms with Crippen molar-refractivity contribution < 1.29 is 9.53 Å². The second-order valence-corrected chi connectivity index (χ2v) is 8.69. The van der Waals surface area contributed by atoms with Crippen molar-refractivity contribution in [1.82, 2.24) is 24.8 Å². The highest BCUT2D eigenvalue weighted by Gasteiger charge is 2.22. The van der Waals surface area contributed by atoms with Gasteiger partial charge in [-0.25, -0.2) is 0 Å². The molecule has 0 spiro atoms. The van der Waals surface area contributed by atoms with Gasteiger partial charge in [0.1, 0.15) is 6.23 Å². The van der Waals surface area contributed by atoms with Crippen LogP contribution in [0.3, 0.4) is 0 Å². The zero-order valence-corrected chi connectivity index (χ0v) is 19.5. The van der Waals surface area contributed by atoms with Gasteiger partial charge >= 0.3 is 0 Å². The summed E-state index contributed by atoms with van der Waals surface area (Å²) in [6.45, 7) is 3.99. The first-order valence-corrected chi connectivity index (χ1v) is 11.3. The van der Waals surface area contributed by atoms with Crippen molar-refractivity contribution >= 4 is 5.91 Å². The molecule has 2 atom stereocenters. The van der Waals surface area contributed by atoms with Gasteiger partial charge in [-0.3, -0.25) is 20.5 Å². The molecule has 3 aromatic rings. The van der Waals surface area contributed by atoms with Crippen LogP contribution in [0.4, 0.5) is 0 Å². The van der Waals surface area contributed by atoms with E-state index in [-0.39, 0.29) is 12.1 Å². The number of aromatic nitrogens is 3. The van der Waals surface area contributed by atoms with Crippen molar-refractivity contribution in [3.8, 4) is 11.1 Å². The Balaban J connectivity index is 1.60. The summed E-state index contributed by atoms with van der Waals surface area (Å²) in [7, 11) is 3.56. The van der Waals surface area contributed by atoms with Crippen LogP contribution < -0.4 is 16.3 Å². The number of pyridine rings is 1. The molecule has 174 valence electrons. The van der Waals surface area contributed by atoms with Crippen molar-refractivity contribution in [2.24, 2.45) is 13.0 Å². The van der Waals surface area contributed by atoms with Crippen LogP contribution in [0, 0.1) is 18.3 Å². The largest absolute Gasteiger partial charge is 0.367 e. The van der Waals surface area contributed by atoms with Crippen molar-refractivity contribution in [3.63, 3.8) is 0 Å². The third kappa shape index (κ3) is 5.40. The number of methoxy groups -OCH3 is 1. The average molecular weight is 449 g/mol. The third-order valence-corrected chi connectivity index (χ3v) is 6.31. The van der Waals surface area contributed by atoms with E-state index in [1.807, 2.05) is 55.2 Å². The number of carbonyl (C=O) groups is 1. The maximum absolute atomic E-state index is 13.2. The number of hydrogen-bond acceptors (Lipinski definition) is 5. The Bertz CT molecular complexity index is 1180. The molecule has 0 bridgehead atoms. The van der Waals surface area contributed by atoms with Crippen LogP contribution in [-0.2, 0) is 18.3 Å². The van der Waals surface area contributed by atoms with Crippen molar-refractivity contribution in [3.05, 3.63) is 71.4 Å². The molecule has 2 unspecified atom stereocenters. The van der Waals surface area contributed by atoms with Gasteiger partial charge in [0, 0.05) is 56.1 Å². The van der Waals surface area contributed by atoms with Gasteiger partial charge in [0.25, 0.3) is 5.91 Å².